The second kappa shape index (κ2) is 6.03. The molecule has 2 aliphatic heterocycles. The van der Waals surface area contributed by atoms with Crippen LogP contribution in [0.1, 0.15) is 6.42 Å². The summed E-state index contributed by atoms with van der Waals surface area (Å²) in [5.41, 5.74) is 1.48. The van der Waals surface area contributed by atoms with Crippen molar-refractivity contribution in [2.24, 2.45) is 0 Å². The quantitative estimate of drug-likeness (QED) is 0.853. The van der Waals surface area contributed by atoms with E-state index in [0.29, 0.717) is 11.8 Å². The van der Waals surface area contributed by atoms with Crippen LogP contribution < -0.4 is 14.9 Å². The number of halogens is 2. The van der Waals surface area contributed by atoms with Gasteiger partial charge < -0.3 is 10.2 Å². The van der Waals surface area contributed by atoms with Crippen molar-refractivity contribution in [2.45, 2.75) is 23.4 Å². The Labute approximate surface area is 148 Å². The van der Waals surface area contributed by atoms with Gasteiger partial charge in [0.2, 0.25) is 15.9 Å². The SMILES string of the molecule is O=C1Nc2ccccc2N2CC(NS(=O)(=O)c3ccc(F)cc3F)CC12. The zero-order valence-electron chi connectivity index (χ0n) is 13.4. The van der Waals surface area contributed by atoms with Crippen LogP contribution >= 0.6 is 0 Å². The second-order valence-corrected chi connectivity index (χ2v) is 7.99. The van der Waals surface area contributed by atoms with E-state index in [1.807, 2.05) is 17.0 Å². The van der Waals surface area contributed by atoms with Crippen molar-refractivity contribution in [1.29, 1.82) is 0 Å². The van der Waals surface area contributed by atoms with Crippen molar-refractivity contribution in [3.05, 3.63) is 54.1 Å². The van der Waals surface area contributed by atoms with Crippen molar-refractivity contribution < 1.29 is 22.0 Å². The average molecular weight is 379 g/mol. The number of rotatable bonds is 3. The van der Waals surface area contributed by atoms with E-state index in [-0.39, 0.29) is 18.9 Å². The normalized spacial score (nSPS) is 21.9. The van der Waals surface area contributed by atoms with Gasteiger partial charge in [-0.1, -0.05) is 12.1 Å². The highest BCUT2D eigenvalue weighted by Crippen LogP contribution is 2.36. The summed E-state index contributed by atoms with van der Waals surface area (Å²) in [5, 5.41) is 2.80. The van der Waals surface area contributed by atoms with Gasteiger partial charge >= 0.3 is 0 Å². The van der Waals surface area contributed by atoms with Crippen molar-refractivity contribution in [1.82, 2.24) is 4.72 Å². The summed E-state index contributed by atoms with van der Waals surface area (Å²) in [7, 11) is -4.18. The molecule has 1 saturated heterocycles. The lowest BCUT2D eigenvalue weighted by Gasteiger charge is -2.32. The molecule has 2 N–H and O–H groups in total. The van der Waals surface area contributed by atoms with Crippen molar-refractivity contribution in [3.63, 3.8) is 0 Å². The van der Waals surface area contributed by atoms with E-state index in [1.165, 1.54) is 0 Å². The van der Waals surface area contributed by atoms with E-state index < -0.39 is 38.6 Å². The van der Waals surface area contributed by atoms with Crippen LogP contribution in [0.25, 0.3) is 0 Å². The van der Waals surface area contributed by atoms with Gasteiger partial charge in [-0.3, -0.25) is 4.79 Å². The van der Waals surface area contributed by atoms with E-state index in [4.69, 9.17) is 0 Å². The minimum Gasteiger partial charge on any atom is -0.356 e. The number of hydrogen-bond donors (Lipinski definition) is 2. The second-order valence-electron chi connectivity index (χ2n) is 6.30. The average Bonchev–Trinajstić information content (AvgIpc) is 2.98. The summed E-state index contributed by atoms with van der Waals surface area (Å²) in [5.74, 6) is -2.22. The number of nitrogens with one attached hydrogen (secondary N) is 2. The minimum absolute atomic E-state index is 0.210. The zero-order valence-corrected chi connectivity index (χ0v) is 14.3. The highest BCUT2D eigenvalue weighted by Gasteiger charge is 2.42. The van der Waals surface area contributed by atoms with Crippen LogP contribution in [-0.4, -0.2) is 33.0 Å². The van der Waals surface area contributed by atoms with Crippen LogP contribution in [-0.2, 0) is 14.8 Å². The third-order valence-electron chi connectivity index (χ3n) is 4.58. The van der Waals surface area contributed by atoms with Gasteiger partial charge in [0.1, 0.15) is 22.6 Å². The van der Waals surface area contributed by atoms with Crippen LogP contribution in [0, 0.1) is 11.6 Å². The van der Waals surface area contributed by atoms with E-state index in [2.05, 4.69) is 10.0 Å². The number of anilines is 2. The molecule has 2 aromatic carbocycles. The van der Waals surface area contributed by atoms with E-state index in [0.717, 1.165) is 17.8 Å². The first-order valence-corrected chi connectivity index (χ1v) is 9.47. The third kappa shape index (κ3) is 2.82. The molecule has 0 aliphatic carbocycles. The third-order valence-corrected chi connectivity index (χ3v) is 6.13. The van der Waals surface area contributed by atoms with Crippen LogP contribution in [0.3, 0.4) is 0 Å². The summed E-state index contributed by atoms with van der Waals surface area (Å²) >= 11 is 0. The molecule has 2 atom stereocenters. The molecule has 2 heterocycles. The highest BCUT2D eigenvalue weighted by atomic mass is 32.2. The number of sulfonamides is 1. The lowest BCUT2D eigenvalue weighted by atomic mass is 10.1. The maximum absolute atomic E-state index is 13.8. The molecule has 9 heteroatoms. The molecule has 0 aromatic heterocycles. The van der Waals surface area contributed by atoms with Crippen LogP contribution in [0.4, 0.5) is 20.2 Å². The fourth-order valence-corrected chi connectivity index (χ4v) is 4.76. The molecule has 2 aromatic rings. The summed E-state index contributed by atoms with van der Waals surface area (Å²) in [4.78, 5) is 13.5. The Bertz CT molecular complexity index is 996. The summed E-state index contributed by atoms with van der Waals surface area (Å²) in [6.07, 6.45) is 0.252. The number of benzene rings is 2. The van der Waals surface area contributed by atoms with Gasteiger partial charge in [0.25, 0.3) is 0 Å². The molecule has 0 radical (unpaired) electrons. The molecule has 2 unspecified atom stereocenters. The van der Waals surface area contributed by atoms with Gasteiger partial charge in [0, 0.05) is 18.7 Å². The van der Waals surface area contributed by atoms with Gasteiger partial charge in [-0.15, -0.1) is 0 Å². The van der Waals surface area contributed by atoms with E-state index in [1.54, 1.807) is 12.1 Å². The monoisotopic (exact) mass is 379 g/mol. The number of nitrogens with zero attached hydrogens (tertiary/aromatic N) is 1. The predicted molar refractivity (Wildman–Crippen MR) is 91.3 cm³/mol. The molecule has 0 saturated carbocycles. The fraction of sp³-hybridized carbons (Fsp3) is 0.235. The maximum atomic E-state index is 13.8. The van der Waals surface area contributed by atoms with Crippen molar-refractivity contribution in [3.8, 4) is 0 Å². The lowest BCUT2D eigenvalue weighted by Crippen LogP contribution is -2.44. The van der Waals surface area contributed by atoms with Crippen molar-refractivity contribution in [2.75, 3.05) is 16.8 Å². The number of para-hydroxylation sites is 2. The Morgan fingerprint density at radius 1 is 1.15 bits per heavy atom. The smallest absolute Gasteiger partial charge is 0.247 e. The molecular weight excluding hydrogens is 364 g/mol. The first-order valence-electron chi connectivity index (χ1n) is 7.99. The molecule has 1 fully saturated rings. The van der Waals surface area contributed by atoms with Gasteiger partial charge in [-0.05, 0) is 30.7 Å². The van der Waals surface area contributed by atoms with E-state index in [9.17, 15) is 22.0 Å². The first kappa shape index (κ1) is 16.9. The Morgan fingerprint density at radius 3 is 2.69 bits per heavy atom. The Hall–Kier alpha value is -2.52. The Kier molecular flexibility index (Phi) is 3.92. The summed E-state index contributed by atoms with van der Waals surface area (Å²) in [6.45, 7) is 0.275. The predicted octanol–water partition coefficient (Wildman–Crippen LogP) is 1.84. The molecule has 1 amide bonds. The topological polar surface area (TPSA) is 78.5 Å². The van der Waals surface area contributed by atoms with Gasteiger partial charge in [0.15, 0.2) is 0 Å². The zero-order chi connectivity index (χ0) is 18.5. The van der Waals surface area contributed by atoms with Crippen LogP contribution in [0.5, 0.6) is 0 Å². The lowest BCUT2D eigenvalue weighted by molar-refractivity contribution is -0.117. The number of fused-ring (bicyclic) bond motifs is 3. The summed E-state index contributed by atoms with van der Waals surface area (Å²) in [6, 6.07) is 8.47. The van der Waals surface area contributed by atoms with Crippen LogP contribution in [0.15, 0.2) is 47.4 Å². The van der Waals surface area contributed by atoms with Gasteiger partial charge in [-0.2, -0.15) is 0 Å². The number of carbonyl (C=O) groups is 1. The first-order chi connectivity index (χ1) is 12.3. The molecule has 4 rings (SSSR count). The maximum Gasteiger partial charge on any atom is 0.247 e. The molecule has 6 nitrogen and oxygen atoms in total. The van der Waals surface area contributed by atoms with Crippen molar-refractivity contribution >= 4 is 27.3 Å². The van der Waals surface area contributed by atoms with Gasteiger partial charge in [-0.25, -0.2) is 21.9 Å². The molecule has 26 heavy (non-hydrogen) atoms. The van der Waals surface area contributed by atoms with Crippen LogP contribution in [0.2, 0.25) is 0 Å². The Morgan fingerprint density at radius 2 is 1.92 bits per heavy atom. The number of carbonyl (C=O) groups excluding carboxylic acids is 1. The highest BCUT2D eigenvalue weighted by molar-refractivity contribution is 7.89. The standard InChI is InChI=1S/C17H15F2N3O3S/c18-10-5-6-16(12(19)7-10)26(24,25)21-11-8-15-17(23)20-13-3-1-2-4-14(13)22(15)9-11/h1-7,11,15,21H,8-9H2,(H,20,23). The number of hydrogen-bond acceptors (Lipinski definition) is 4. The van der Waals surface area contributed by atoms with E-state index >= 15 is 0 Å². The largest absolute Gasteiger partial charge is 0.356 e. The number of amides is 1. The molecule has 0 spiro atoms. The molecule has 2 aliphatic rings. The molecule has 136 valence electrons. The Balaban J connectivity index is 1.59. The van der Waals surface area contributed by atoms with Gasteiger partial charge in [0.05, 0.1) is 11.4 Å². The summed E-state index contributed by atoms with van der Waals surface area (Å²) < 4.78 is 54.2. The minimum atomic E-state index is -4.18. The fourth-order valence-electron chi connectivity index (χ4n) is 3.46. The molecule has 0 bridgehead atoms. The molecular formula is C17H15F2N3O3S.